The third-order valence-corrected chi connectivity index (χ3v) is 8.43. The second-order valence-electron chi connectivity index (χ2n) is 12.7. The van der Waals surface area contributed by atoms with Crippen molar-refractivity contribution in [2.75, 3.05) is 18.0 Å². The molecule has 0 saturated heterocycles. The Balaban J connectivity index is 1.60. The molecule has 2 aromatic rings. The lowest BCUT2D eigenvalue weighted by atomic mass is 9.77. The molecule has 0 unspecified atom stereocenters. The van der Waals surface area contributed by atoms with Gasteiger partial charge in [0.2, 0.25) is 18.0 Å². The molecule has 0 aromatic heterocycles. The SMILES string of the molecule is CC1(C)C(/C=C2/C(=O)C(/C=C3/N(CC(F)(F)F)c4ccc(OC(F)(F)F)cc4C3(C)C)=C2O)=[N+](CC(F)(F)F)c2ccc(OC(F)(F)F)cc21. The van der Waals surface area contributed by atoms with Crippen LogP contribution in [-0.2, 0) is 15.6 Å². The molecular formula is C32H25F12N2O4+. The number of benzene rings is 2. The number of aliphatic hydroxyl groups is 1. The van der Waals surface area contributed by atoms with Crippen LogP contribution in [0.4, 0.5) is 64.1 Å². The summed E-state index contributed by atoms with van der Waals surface area (Å²) in [6.07, 6.45) is -18.1. The fraction of sp³-hybridized carbons (Fsp3) is 0.375. The Morgan fingerprint density at radius 3 is 1.80 bits per heavy atom. The summed E-state index contributed by atoms with van der Waals surface area (Å²) in [5.74, 6) is -3.25. The van der Waals surface area contributed by atoms with Crippen LogP contribution in [0.1, 0.15) is 38.8 Å². The Hall–Kier alpha value is -4.64. The summed E-state index contributed by atoms with van der Waals surface area (Å²) in [5, 5.41) is 11.0. The molecule has 2 aromatic carbocycles. The molecule has 0 saturated carbocycles. The molecule has 0 amide bonds. The van der Waals surface area contributed by atoms with Crippen LogP contribution >= 0.6 is 0 Å². The van der Waals surface area contributed by atoms with Gasteiger partial charge in [0.05, 0.1) is 16.6 Å². The van der Waals surface area contributed by atoms with Crippen molar-refractivity contribution in [1.82, 2.24) is 0 Å². The maximum Gasteiger partial charge on any atom is 0.573 e. The topological polar surface area (TPSA) is 62.0 Å². The van der Waals surface area contributed by atoms with E-state index in [1.54, 1.807) is 0 Å². The Labute approximate surface area is 275 Å². The van der Waals surface area contributed by atoms with Crippen molar-refractivity contribution in [3.63, 3.8) is 0 Å². The number of ketones is 1. The summed E-state index contributed by atoms with van der Waals surface area (Å²) in [5.41, 5.74) is -4.96. The Morgan fingerprint density at radius 1 is 0.760 bits per heavy atom. The summed E-state index contributed by atoms with van der Waals surface area (Å²) < 4.78 is 168. The van der Waals surface area contributed by atoms with Gasteiger partial charge in [-0.1, -0.05) is 13.8 Å². The first kappa shape index (κ1) is 36.6. The minimum Gasteiger partial charge on any atom is -0.506 e. The van der Waals surface area contributed by atoms with Gasteiger partial charge in [-0.25, -0.2) is 0 Å². The smallest absolute Gasteiger partial charge is 0.506 e. The quantitative estimate of drug-likeness (QED) is 0.183. The molecule has 5 rings (SSSR count). The number of fused-ring (bicyclic) bond motifs is 2. The van der Waals surface area contributed by atoms with Gasteiger partial charge in [-0.15, -0.1) is 26.3 Å². The highest BCUT2D eigenvalue weighted by molar-refractivity contribution is 6.24. The number of nitrogens with zero attached hydrogens (tertiary/aromatic N) is 2. The van der Waals surface area contributed by atoms with Crippen molar-refractivity contribution in [1.29, 1.82) is 0 Å². The number of allylic oxidation sites excluding steroid dienone is 5. The zero-order valence-corrected chi connectivity index (χ0v) is 26.1. The van der Waals surface area contributed by atoms with Crippen LogP contribution in [0.25, 0.3) is 0 Å². The highest BCUT2D eigenvalue weighted by atomic mass is 19.4. The molecule has 18 heteroatoms. The molecule has 1 aliphatic carbocycles. The lowest BCUT2D eigenvalue weighted by Crippen LogP contribution is -2.36. The van der Waals surface area contributed by atoms with Gasteiger partial charge < -0.3 is 19.5 Å². The van der Waals surface area contributed by atoms with E-state index in [2.05, 4.69) is 9.47 Å². The zero-order chi connectivity index (χ0) is 37.6. The second kappa shape index (κ2) is 11.4. The number of hydrogen-bond donors (Lipinski definition) is 1. The number of Topliss-reactive ketones (excluding diaryl/α,β-unsaturated/α-hetero) is 1. The van der Waals surface area contributed by atoms with E-state index in [9.17, 15) is 62.6 Å². The predicted molar refractivity (Wildman–Crippen MR) is 152 cm³/mol. The average Bonchev–Trinajstić information content (AvgIpc) is 3.24. The van der Waals surface area contributed by atoms with E-state index in [1.807, 2.05) is 0 Å². The first-order chi connectivity index (χ1) is 22.6. The lowest BCUT2D eigenvalue weighted by Gasteiger charge is -2.29. The van der Waals surface area contributed by atoms with Gasteiger partial charge in [-0.3, -0.25) is 4.79 Å². The molecule has 2 heterocycles. The minimum atomic E-state index is -5.11. The number of anilines is 1. The fourth-order valence-electron chi connectivity index (χ4n) is 6.31. The summed E-state index contributed by atoms with van der Waals surface area (Å²) in [7, 11) is 0. The van der Waals surface area contributed by atoms with Crippen molar-refractivity contribution in [2.45, 2.75) is 63.6 Å². The average molecular weight is 730 g/mol. The highest BCUT2D eigenvalue weighted by Gasteiger charge is 2.51. The maximum atomic E-state index is 13.7. The van der Waals surface area contributed by atoms with Crippen molar-refractivity contribution in [2.24, 2.45) is 0 Å². The third kappa shape index (κ3) is 7.01. The first-order valence-corrected chi connectivity index (χ1v) is 14.4. The molecule has 3 aliphatic rings. The molecule has 50 heavy (non-hydrogen) atoms. The monoisotopic (exact) mass is 729 g/mol. The summed E-state index contributed by atoms with van der Waals surface area (Å²) in [6.45, 7) is 2.17. The van der Waals surface area contributed by atoms with E-state index in [1.165, 1.54) is 27.7 Å². The number of carbonyl (C=O) groups excluding carboxylic acids is 1. The van der Waals surface area contributed by atoms with Gasteiger partial charge in [0.1, 0.15) is 23.8 Å². The highest BCUT2D eigenvalue weighted by Crippen LogP contribution is 2.51. The number of aliphatic hydroxyl groups excluding tert-OH is 1. The lowest BCUT2D eigenvalue weighted by molar-refractivity contribution is -0.480. The number of carbonyl (C=O) groups is 1. The van der Waals surface area contributed by atoms with E-state index in [0.29, 0.717) is 9.48 Å². The third-order valence-electron chi connectivity index (χ3n) is 8.43. The summed E-state index contributed by atoms with van der Waals surface area (Å²) in [4.78, 5) is 14.1. The van der Waals surface area contributed by atoms with Crippen LogP contribution < -0.4 is 14.4 Å². The molecule has 270 valence electrons. The van der Waals surface area contributed by atoms with Crippen molar-refractivity contribution in [3.8, 4) is 11.5 Å². The Kier molecular flexibility index (Phi) is 8.39. The standard InChI is InChI=1S/C32H24F12N2O4/c1-27(2)19-9-15(49-31(39,40)41)5-7-21(19)45(13-29(33,34)35)23(27)11-17-25(47)18(26(17)48)12-24-28(3,4)20-10-16(50-32(42,43)44)6-8-22(20)46(24)14-30(36,37)38/h5-12H,13-14H2,1-4H3/p+1. The van der Waals surface area contributed by atoms with Crippen molar-refractivity contribution < 1.29 is 76.6 Å². The molecule has 6 nitrogen and oxygen atoms in total. The van der Waals surface area contributed by atoms with Crippen LogP contribution in [0.5, 0.6) is 11.5 Å². The minimum absolute atomic E-state index is 0.0323. The van der Waals surface area contributed by atoms with Crippen LogP contribution in [0.2, 0.25) is 0 Å². The van der Waals surface area contributed by atoms with Crippen LogP contribution in [0, 0.1) is 0 Å². The Morgan fingerprint density at radius 2 is 1.30 bits per heavy atom. The zero-order valence-electron chi connectivity index (χ0n) is 26.1. The second-order valence-corrected chi connectivity index (χ2v) is 12.7. The first-order valence-electron chi connectivity index (χ1n) is 14.4. The maximum absolute atomic E-state index is 13.7. The number of rotatable bonds is 6. The van der Waals surface area contributed by atoms with E-state index in [-0.39, 0.29) is 33.9 Å². The van der Waals surface area contributed by atoms with Crippen molar-refractivity contribution in [3.05, 3.63) is 82.3 Å². The number of alkyl halides is 12. The summed E-state index contributed by atoms with van der Waals surface area (Å²) >= 11 is 0. The summed E-state index contributed by atoms with van der Waals surface area (Å²) in [6, 6.07) is 5.36. The largest absolute Gasteiger partial charge is 0.573 e. The van der Waals surface area contributed by atoms with E-state index in [4.69, 9.17) is 0 Å². The Bertz CT molecular complexity index is 1890. The fourth-order valence-corrected chi connectivity index (χ4v) is 6.31. The predicted octanol–water partition coefficient (Wildman–Crippen LogP) is 8.99. The molecule has 0 atom stereocenters. The van der Waals surface area contributed by atoms with Gasteiger partial charge in [-0.2, -0.15) is 30.9 Å². The van der Waals surface area contributed by atoms with Gasteiger partial charge in [-0.05, 0) is 55.8 Å². The molecule has 0 fully saturated rings. The van der Waals surface area contributed by atoms with Gasteiger partial charge in [0, 0.05) is 34.5 Å². The molecule has 0 radical (unpaired) electrons. The van der Waals surface area contributed by atoms with E-state index >= 15 is 0 Å². The molecule has 1 N–H and O–H groups in total. The molecule has 0 spiro atoms. The van der Waals surface area contributed by atoms with Gasteiger partial charge in [0.15, 0.2) is 5.71 Å². The van der Waals surface area contributed by atoms with Crippen molar-refractivity contribution >= 4 is 22.9 Å². The van der Waals surface area contributed by atoms with E-state index < -0.39 is 83.2 Å². The van der Waals surface area contributed by atoms with Crippen LogP contribution in [0.15, 0.2) is 71.2 Å². The van der Waals surface area contributed by atoms with Gasteiger partial charge >= 0.3 is 25.1 Å². The van der Waals surface area contributed by atoms with Gasteiger partial charge in [0.25, 0.3) is 0 Å². The van der Waals surface area contributed by atoms with Crippen LogP contribution in [0.3, 0.4) is 0 Å². The number of hydrogen-bond acceptors (Lipinski definition) is 5. The number of ether oxygens (including phenoxy) is 2. The molecule has 0 bridgehead atoms. The normalized spacial score (nSPS) is 20.5. The number of halogens is 12. The molecular weight excluding hydrogens is 704 g/mol. The van der Waals surface area contributed by atoms with E-state index in [0.717, 1.165) is 48.6 Å². The molecule has 2 aliphatic heterocycles. The van der Waals surface area contributed by atoms with Crippen LogP contribution in [-0.4, -0.2) is 59.3 Å².